The van der Waals surface area contributed by atoms with Gasteiger partial charge in [0.05, 0.1) is 34.8 Å². The van der Waals surface area contributed by atoms with Gasteiger partial charge in [-0.05, 0) is 42.5 Å². The topological polar surface area (TPSA) is 73.4 Å². The van der Waals surface area contributed by atoms with E-state index >= 15 is 0 Å². The molecule has 0 saturated heterocycles. The SMILES string of the molecule is C[C@@H]1CCCC[C@@H]1n1c(=O)n(Cc2nc3ccccc3n2Cc2ccccc2)c2cnc3[nH]ccc3c21. The molecule has 7 rings (SSSR count). The fourth-order valence-electron chi connectivity index (χ4n) is 6.23. The summed E-state index contributed by atoms with van der Waals surface area (Å²) in [6.45, 7) is 3.38. The molecular formula is C30H30N6O. The maximum Gasteiger partial charge on any atom is 0.329 e. The van der Waals surface area contributed by atoms with E-state index in [4.69, 9.17) is 4.98 Å². The number of benzene rings is 2. The Morgan fingerprint density at radius 2 is 1.73 bits per heavy atom. The Hall–Kier alpha value is -4.13. The van der Waals surface area contributed by atoms with Crippen molar-refractivity contribution in [2.75, 3.05) is 0 Å². The highest BCUT2D eigenvalue weighted by molar-refractivity contribution is 6.01. The second kappa shape index (κ2) is 8.76. The quantitative estimate of drug-likeness (QED) is 0.328. The van der Waals surface area contributed by atoms with Crippen molar-refractivity contribution in [2.45, 2.75) is 51.7 Å². The standard InChI is InChI=1S/C30H30N6O/c1-20-9-5-7-13-24(20)36-28-22-15-16-31-29(22)32-17-26(28)35(30(36)37)19-27-33-23-12-6-8-14-25(23)34(27)18-21-10-3-2-4-11-21/h2-4,6,8,10-12,14-17,20,24H,5,7,9,13,18-19H2,1H3,(H,31,32)/t20-,24+/m1/s1. The summed E-state index contributed by atoms with van der Waals surface area (Å²) < 4.78 is 6.20. The van der Waals surface area contributed by atoms with Crippen molar-refractivity contribution < 1.29 is 0 Å². The molecule has 1 N–H and O–H groups in total. The average molecular weight is 491 g/mol. The van der Waals surface area contributed by atoms with Gasteiger partial charge in [-0.1, -0.05) is 62.2 Å². The Balaban J connectivity index is 1.43. The van der Waals surface area contributed by atoms with Gasteiger partial charge in [0.15, 0.2) is 0 Å². The van der Waals surface area contributed by atoms with Crippen LogP contribution >= 0.6 is 0 Å². The molecule has 0 spiro atoms. The molecule has 7 heteroatoms. The number of fused-ring (bicyclic) bond motifs is 4. The van der Waals surface area contributed by atoms with Crippen LogP contribution in [0.4, 0.5) is 0 Å². The van der Waals surface area contributed by atoms with Gasteiger partial charge in [0.25, 0.3) is 0 Å². The van der Waals surface area contributed by atoms with Crippen LogP contribution in [0.3, 0.4) is 0 Å². The van der Waals surface area contributed by atoms with Gasteiger partial charge in [-0.15, -0.1) is 0 Å². The molecule has 6 aromatic rings. The van der Waals surface area contributed by atoms with Gasteiger partial charge in [0.1, 0.15) is 11.5 Å². The minimum absolute atomic E-state index is 0.0302. The first kappa shape index (κ1) is 22.1. The summed E-state index contributed by atoms with van der Waals surface area (Å²) in [5, 5.41) is 1.00. The van der Waals surface area contributed by atoms with Crippen LogP contribution in [-0.2, 0) is 13.1 Å². The molecule has 1 aliphatic rings. The summed E-state index contributed by atoms with van der Waals surface area (Å²) in [4.78, 5) is 27.1. The summed E-state index contributed by atoms with van der Waals surface area (Å²) >= 11 is 0. The lowest BCUT2D eigenvalue weighted by molar-refractivity contribution is 0.256. The number of aromatic amines is 1. The van der Waals surface area contributed by atoms with Gasteiger partial charge in [0.2, 0.25) is 0 Å². The number of hydrogen-bond donors (Lipinski definition) is 1. The number of aromatic nitrogens is 6. The van der Waals surface area contributed by atoms with Crippen molar-refractivity contribution in [3.63, 3.8) is 0 Å². The van der Waals surface area contributed by atoms with E-state index in [1.165, 1.54) is 12.0 Å². The lowest BCUT2D eigenvalue weighted by Crippen LogP contribution is -2.32. The van der Waals surface area contributed by atoms with E-state index in [0.29, 0.717) is 19.0 Å². The summed E-state index contributed by atoms with van der Waals surface area (Å²) in [6.07, 6.45) is 8.33. The highest BCUT2D eigenvalue weighted by Gasteiger charge is 2.29. The van der Waals surface area contributed by atoms with Crippen LogP contribution in [0.1, 0.15) is 50.0 Å². The lowest BCUT2D eigenvalue weighted by atomic mass is 9.85. The number of nitrogens with one attached hydrogen (secondary N) is 1. The van der Waals surface area contributed by atoms with Crippen LogP contribution in [-0.4, -0.2) is 28.7 Å². The lowest BCUT2D eigenvalue weighted by Gasteiger charge is -2.29. The molecule has 1 aliphatic carbocycles. The smallest absolute Gasteiger partial charge is 0.329 e. The predicted molar refractivity (Wildman–Crippen MR) is 147 cm³/mol. The third-order valence-electron chi connectivity index (χ3n) is 8.12. The highest BCUT2D eigenvalue weighted by Crippen LogP contribution is 2.36. The van der Waals surface area contributed by atoms with Crippen molar-refractivity contribution in [3.8, 4) is 0 Å². The van der Waals surface area contributed by atoms with Gasteiger partial charge in [-0.2, -0.15) is 0 Å². The Morgan fingerprint density at radius 3 is 2.59 bits per heavy atom. The fourth-order valence-corrected chi connectivity index (χ4v) is 6.23. The molecule has 2 atom stereocenters. The Bertz CT molecular complexity index is 1790. The predicted octanol–water partition coefficient (Wildman–Crippen LogP) is 5.88. The molecule has 0 aliphatic heterocycles. The third-order valence-corrected chi connectivity index (χ3v) is 8.12. The normalized spacial score (nSPS) is 18.3. The number of nitrogens with zero attached hydrogens (tertiary/aromatic N) is 5. The van der Waals surface area contributed by atoms with E-state index in [9.17, 15) is 4.79 Å². The molecular weight excluding hydrogens is 460 g/mol. The maximum atomic E-state index is 14.2. The second-order valence-corrected chi connectivity index (χ2v) is 10.4. The van der Waals surface area contributed by atoms with Gasteiger partial charge in [-0.25, -0.2) is 14.8 Å². The molecule has 0 radical (unpaired) electrons. The molecule has 4 heterocycles. The van der Waals surface area contributed by atoms with E-state index in [1.807, 2.05) is 47.3 Å². The van der Waals surface area contributed by atoms with E-state index in [2.05, 4.69) is 56.4 Å². The first-order chi connectivity index (χ1) is 18.2. The van der Waals surface area contributed by atoms with Gasteiger partial charge in [0, 0.05) is 24.2 Å². The van der Waals surface area contributed by atoms with Crippen LogP contribution in [0.2, 0.25) is 0 Å². The molecule has 0 unspecified atom stereocenters. The van der Waals surface area contributed by atoms with Crippen LogP contribution < -0.4 is 5.69 Å². The summed E-state index contributed by atoms with van der Waals surface area (Å²) in [5.41, 5.74) is 5.92. The van der Waals surface area contributed by atoms with E-state index < -0.39 is 0 Å². The Morgan fingerprint density at radius 1 is 0.919 bits per heavy atom. The molecule has 186 valence electrons. The molecule has 7 nitrogen and oxygen atoms in total. The first-order valence-electron chi connectivity index (χ1n) is 13.2. The van der Waals surface area contributed by atoms with Gasteiger partial charge in [-0.3, -0.25) is 9.13 Å². The number of imidazole rings is 2. The van der Waals surface area contributed by atoms with Gasteiger partial charge >= 0.3 is 5.69 Å². The number of H-pyrrole nitrogens is 1. The average Bonchev–Trinajstić information content (AvgIpc) is 3.61. The number of hydrogen-bond acceptors (Lipinski definition) is 3. The van der Waals surface area contributed by atoms with Crippen LogP contribution in [0.15, 0.2) is 77.9 Å². The van der Waals surface area contributed by atoms with Gasteiger partial charge < -0.3 is 9.55 Å². The first-order valence-corrected chi connectivity index (χ1v) is 13.2. The van der Waals surface area contributed by atoms with E-state index in [-0.39, 0.29) is 11.7 Å². The summed E-state index contributed by atoms with van der Waals surface area (Å²) in [6, 6.07) is 20.9. The largest absolute Gasteiger partial charge is 0.346 e. The molecule has 4 aromatic heterocycles. The van der Waals surface area contributed by atoms with Crippen molar-refractivity contribution in [1.82, 2.24) is 28.7 Å². The van der Waals surface area contributed by atoms with Crippen LogP contribution in [0.25, 0.3) is 33.1 Å². The summed E-state index contributed by atoms with van der Waals surface area (Å²) in [7, 11) is 0. The molecule has 1 fully saturated rings. The zero-order valence-corrected chi connectivity index (χ0v) is 21.0. The maximum absolute atomic E-state index is 14.2. The molecule has 37 heavy (non-hydrogen) atoms. The van der Waals surface area contributed by atoms with E-state index in [1.54, 1.807) is 0 Å². The molecule has 0 bridgehead atoms. The summed E-state index contributed by atoms with van der Waals surface area (Å²) in [5.74, 6) is 1.33. The molecule has 0 amide bonds. The number of rotatable bonds is 5. The molecule has 1 saturated carbocycles. The van der Waals surface area contributed by atoms with Crippen molar-refractivity contribution in [2.24, 2.45) is 5.92 Å². The van der Waals surface area contributed by atoms with Crippen molar-refractivity contribution in [1.29, 1.82) is 0 Å². The zero-order valence-electron chi connectivity index (χ0n) is 21.0. The second-order valence-electron chi connectivity index (χ2n) is 10.4. The van der Waals surface area contributed by atoms with Crippen molar-refractivity contribution >= 4 is 33.1 Å². The number of pyridine rings is 1. The Kier molecular flexibility index (Phi) is 5.23. The number of para-hydroxylation sites is 2. The minimum atomic E-state index is 0.0302. The Labute approximate surface area is 214 Å². The van der Waals surface area contributed by atoms with E-state index in [0.717, 1.165) is 58.2 Å². The molecule has 2 aromatic carbocycles. The zero-order chi connectivity index (χ0) is 24.9. The third kappa shape index (κ3) is 3.60. The fraction of sp³-hybridized carbons (Fsp3) is 0.300. The minimum Gasteiger partial charge on any atom is -0.346 e. The van der Waals surface area contributed by atoms with Crippen molar-refractivity contribution in [3.05, 3.63) is 94.9 Å². The highest BCUT2D eigenvalue weighted by atomic mass is 16.1. The van der Waals surface area contributed by atoms with Crippen LogP contribution in [0.5, 0.6) is 0 Å². The van der Waals surface area contributed by atoms with Crippen LogP contribution in [0, 0.1) is 5.92 Å². The monoisotopic (exact) mass is 490 g/mol.